The maximum atomic E-state index is 7.70. The van der Waals surface area contributed by atoms with Crippen molar-refractivity contribution in [2.24, 2.45) is 0 Å². The quantitative estimate of drug-likeness (QED) is 0.164. The number of nitrogens with zero attached hydrogens (tertiary/aromatic N) is 4. The molecule has 0 radical (unpaired) electrons. The highest BCUT2D eigenvalue weighted by atomic mass is 16.3. The first-order valence-electron chi connectivity index (χ1n) is 29.8. The fraction of sp³-hybridized carbons (Fsp3) is 0.378. The third-order valence-electron chi connectivity index (χ3n) is 19.5. The molecule has 4 aliphatic rings. The number of para-hydroxylation sites is 1. The van der Waals surface area contributed by atoms with Crippen LogP contribution in [0, 0.1) is 0 Å². The summed E-state index contributed by atoms with van der Waals surface area (Å²) in [5.74, 6) is 1.15. The summed E-state index contributed by atoms with van der Waals surface area (Å²) >= 11 is 0. The molecule has 7 aromatic carbocycles. The lowest BCUT2D eigenvalue weighted by Crippen LogP contribution is -2.61. The summed E-state index contributed by atoms with van der Waals surface area (Å²) in [5, 5.41) is 2.39. The van der Waals surface area contributed by atoms with Crippen LogP contribution in [0.15, 0.2) is 150 Å². The second kappa shape index (κ2) is 17.3. The minimum Gasteiger partial charge on any atom is -0.468 e. The zero-order valence-corrected chi connectivity index (χ0v) is 51.0. The van der Waals surface area contributed by atoms with Crippen molar-refractivity contribution in [3.05, 3.63) is 179 Å². The average molecular weight is 1060 g/mol. The molecule has 1 aliphatic carbocycles. The zero-order chi connectivity index (χ0) is 56.6. The molecule has 1 fully saturated rings. The van der Waals surface area contributed by atoms with E-state index in [1.807, 2.05) is 0 Å². The Bertz CT molecular complexity index is 3950. The molecule has 5 nitrogen and oxygen atoms in total. The van der Waals surface area contributed by atoms with Crippen LogP contribution in [0.25, 0.3) is 27.6 Å². The summed E-state index contributed by atoms with van der Waals surface area (Å²) in [6, 6.07) is 57.3. The molecule has 5 heterocycles. The van der Waals surface area contributed by atoms with Gasteiger partial charge in [-0.05, 0) is 175 Å². The Kier molecular flexibility index (Phi) is 11.3. The van der Waals surface area contributed by atoms with E-state index in [0.717, 1.165) is 58.0 Å². The third kappa shape index (κ3) is 7.76. The summed E-state index contributed by atoms with van der Waals surface area (Å²) in [5.41, 5.74) is 22.6. The molecule has 2 atom stereocenters. The Morgan fingerprint density at radius 3 is 1.48 bits per heavy atom. The minimum atomic E-state index is -0.269. The molecule has 0 saturated heterocycles. The van der Waals surface area contributed by atoms with E-state index in [9.17, 15) is 0 Å². The highest BCUT2D eigenvalue weighted by molar-refractivity contribution is 7.01. The minimum absolute atomic E-state index is 0.00424. The van der Waals surface area contributed by atoms with Gasteiger partial charge < -0.3 is 14.2 Å². The molecule has 6 heteroatoms. The van der Waals surface area contributed by atoms with Gasteiger partial charge in [-0.3, -0.25) is 9.47 Å². The fourth-order valence-electron chi connectivity index (χ4n) is 14.5. The molecular weight excluding hydrogens is 972 g/mol. The van der Waals surface area contributed by atoms with E-state index in [-0.39, 0.29) is 44.7 Å². The Morgan fingerprint density at radius 1 is 0.438 bits per heavy atom. The lowest BCUT2D eigenvalue weighted by molar-refractivity contribution is 0.195. The van der Waals surface area contributed by atoms with Crippen molar-refractivity contribution in [2.45, 2.75) is 181 Å². The summed E-state index contributed by atoms with van der Waals surface area (Å²) in [7, 11) is 0. The largest absolute Gasteiger partial charge is 0.468 e. The first-order chi connectivity index (χ1) is 37.6. The van der Waals surface area contributed by atoms with Crippen LogP contribution >= 0.6 is 0 Å². The van der Waals surface area contributed by atoms with Crippen molar-refractivity contribution < 1.29 is 4.42 Å². The van der Waals surface area contributed by atoms with Gasteiger partial charge in [-0.15, -0.1) is 0 Å². The first kappa shape index (κ1) is 52.5. The number of rotatable bonds is 4. The Morgan fingerprint density at radius 2 is 0.912 bits per heavy atom. The number of benzene rings is 7. The van der Waals surface area contributed by atoms with E-state index in [0.29, 0.717) is 0 Å². The average Bonchev–Trinajstić information content (AvgIpc) is 4.08. The Balaban J connectivity index is 1.23. The van der Waals surface area contributed by atoms with Gasteiger partial charge in [-0.2, -0.15) is 0 Å². The van der Waals surface area contributed by atoms with Gasteiger partial charge in [0.2, 0.25) is 0 Å². The Labute approximate surface area is 478 Å². The van der Waals surface area contributed by atoms with Crippen LogP contribution in [0.4, 0.5) is 45.6 Å². The zero-order valence-electron chi connectivity index (χ0n) is 51.0. The highest BCUT2D eigenvalue weighted by Crippen LogP contribution is 2.62. The van der Waals surface area contributed by atoms with Crippen molar-refractivity contribution in [1.82, 2.24) is 4.57 Å². The molecule has 13 rings (SSSR count). The molecule has 0 spiro atoms. The summed E-state index contributed by atoms with van der Waals surface area (Å²) < 4.78 is 10.3. The number of hydrogen-bond donors (Lipinski definition) is 0. The van der Waals surface area contributed by atoms with Gasteiger partial charge in [0.15, 0.2) is 0 Å². The highest BCUT2D eigenvalue weighted by Gasteiger charge is 2.58. The molecule has 2 aromatic heterocycles. The molecule has 80 heavy (non-hydrogen) atoms. The maximum absolute atomic E-state index is 7.70. The third-order valence-corrected chi connectivity index (χ3v) is 19.5. The number of hydrogen-bond acceptors (Lipinski definition) is 4. The van der Waals surface area contributed by atoms with Crippen molar-refractivity contribution >= 4 is 90.8 Å². The van der Waals surface area contributed by atoms with E-state index in [1.54, 1.807) is 0 Å². The number of fused-ring (bicyclic) bond motifs is 11. The van der Waals surface area contributed by atoms with E-state index in [2.05, 4.69) is 283 Å². The topological polar surface area (TPSA) is 27.8 Å². The lowest BCUT2D eigenvalue weighted by atomic mass is 9.35. The fourth-order valence-corrected chi connectivity index (χ4v) is 14.5. The van der Waals surface area contributed by atoms with Gasteiger partial charge >= 0.3 is 0 Å². The molecule has 9 aromatic rings. The van der Waals surface area contributed by atoms with E-state index in [4.69, 9.17) is 4.42 Å². The second-order valence-corrected chi connectivity index (χ2v) is 29.9. The van der Waals surface area contributed by atoms with Crippen LogP contribution in [-0.2, 0) is 32.5 Å². The van der Waals surface area contributed by atoms with Gasteiger partial charge in [-0.25, -0.2) is 0 Å². The van der Waals surface area contributed by atoms with E-state index in [1.165, 1.54) is 90.8 Å². The molecule has 2 unspecified atom stereocenters. The number of aromatic nitrogens is 1. The van der Waals surface area contributed by atoms with Gasteiger partial charge in [0, 0.05) is 50.6 Å². The first-order valence-corrected chi connectivity index (χ1v) is 29.8. The van der Waals surface area contributed by atoms with Crippen LogP contribution in [0.1, 0.15) is 177 Å². The van der Waals surface area contributed by atoms with Crippen molar-refractivity contribution in [3.63, 3.8) is 0 Å². The van der Waals surface area contributed by atoms with E-state index < -0.39 is 0 Å². The molecule has 408 valence electrons. The number of furan rings is 1. The van der Waals surface area contributed by atoms with Gasteiger partial charge in [0.25, 0.3) is 6.71 Å². The van der Waals surface area contributed by atoms with Crippen molar-refractivity contribution in [2.75, 3.05) is 14.7 Å². The van der Waals surface area contributed by atoms with Crippen LogP contribution in [0.5, 0.6) is 0 Å². The van der Waals surface area contributed by atoms with Gasteiger partial charge in [0.05, 0.1) is 22.4 Å². The molecule has 0 bridgehead atoms. The molecule has 0 N–H and O–H groups in total. The van der Waals surface area contributed by atoms with Gasteiger partial charge in [0.1, 0.15) is 11.4 Å². The van der Waals surface area contributed by atoms with Crippen molar-refractivity contribution in [1.29, 1.82) is 0 Å². The normalized spacial score (nSPS) is 19.1. The summed E-state index contributed by atoms with van der Waals surface area (Å²) in [6.45, 7) is 39.8. The van der Waals surface area contributed by atoms with Crippen LogP contribution in [0.3, 0.4) is 0 Å². The van der Waals surface area contributed by atoms with Crippen LogP contribution in [0.2, 0.25) is 0 Å². The van der Waals surface area contributed by atoms with E-state index >= 15 is 0 Å². The van der Waals surface area contributed by atoms with Crippen LogP contribution < -0.4 is 31.3 Å². The smallest absolute Gasteiger partial charge is 0.299 e. The predicted octanol–water partition coefficient (Wildman–Crippen LogP) is 18.7. The SMILES string of the molecule is CC(C)(C)c1ccc(N2c3cc(N4c5ccccc5C5(C)CCCCC45C)cc4c3B(c3oc5ccc(C(C)(C)C)cc5c32)c2c(n(-c3ccc(C(C)(C)C)cc3)c3ccc(C(C)(C)C)cc23)N4c2ccc(C(C)(C)C)cc2)cc1. The lowest BCUT2D eigenvalue weighted by Gasteiger charge is -2.51. The Hall–Kier alpha value is -6.92. The number of anilines is 8. The van der Waals surface area contributed by atoms with Gasteiger partial charge in [-0.1, -0.05) is 190 Å². The molecule has 0 amide bonds. The second-order valence-electron chi connectivity index (χ2n) is 29.9. The summed E-state index contributed by atoms with van der Waals surface area (Å²) in [4.78, 5) is 8.06. The standard InChI is InChI=1S/C74H83BN4O/c1-68(2,3)46-24-32-51(33-25-46)76-60-44-54(79-59-23-19-18-22-57(59)73(16)40-20-21-41-74(73,79)17)45-61-64(60)75(66-65(76)56-43-50(72(13,14)15)31-39-62(56)80-66)63-55-42-49(71(10,11)12)30-38-58(55)77(52-34-26-47(27-35-52)69(4,5)6)67(63)78(61)53-36-28-48(29-37-53)70(7,8)9/h18-19,22-39,42-45H,20-21,40-41H2,1-17H3. The molecule has 3 aliphatic heterocycles. The molecular formula is C74H83BN4O. The maximum Gasteiger partial charge on any atom is 0.299 e. The predicted molar refractivity (Wildman–Crippen MR) is 343 cm³/mol. The van der Waals surface area contributed by atoms with Crippen molar-refractivity contribution in [3.8, 4) is 5.69 Å². The monoisotopic (exact) mass is 1050 g/mol. The van der Waals surface area contributed by atoms with Crippen LogP contribution in [-0.4, -0.2) is 16.8 Å². The summed E-state index contributed by atoms with van der Waals surface area (Å²) in [6.07, 6.45) is 4.69. The molecule has 1 saturated carbocycles.